The normalized spacial score (nSPS) is 10.6. The van der Waals surface area contributed by atoms with E-state index in [2.05, 4.69) is 31.0 Å². The second-order valence-electron chi connectivity index (χ2n) is 3.20. The van der Waals surface area contributed by atoms with Crippen LogP contribution in [-0.2, 0) is 0 Å². The minimum absolute atomic E-state index is 0.434. The highest BCUT2D eigenvalue weighted by Gasteiger charge is 2.11. The van der Waals surface area contributed by atoms with E-state index in [0.717, 1.165) is 15.9 Å². The molecule has 15 heavy (non-hydrogen) atoms. The molecule has 2 aromatic rings. The van der Waals surface area contributed by atoms with Gasteiger partial charge in [0.15, 0.2) is 5.82 Å². The Labute approximate surface area is 95.5 Å². The molecule has 0 atom stereocenters. The molecule has 0 unspecified atom stereocenters. The summed E-state index contributed by atoms with van der Waals surface area (Å²) in [5, 5.41) is 4.35. The first kappa shape index (κ1) is 10.1. The van der Waals surface area contributed by atoms with Crippen molar-refractivity contribution >= 4 is 21.7 Å². The smallest absolute Gasteiger partial charge is 0.159 e. The molecule has 6 heteroatoms. The SMILES string of the molecule is Cc1nn(-c2cc(N)ncn2)c(C)c1Br. The van der Waals surface area contributed by atoms with Gasteiger partial charge in [-0.05, 0) is 29.8 Å². The molecule has 0 aliphatic heterocycles. The molecule has 0 radical (unpaired) electrons. The molecule has 0 aliphatic carbocycles. The van der Waals surface area contributed by atoms with Gasteiger partial charge in [-0.3, -0.25) is 0 Å². The second-order valence-corrected chi connectivity index (χ2v) is 3.99. The van der Waals surface area contributed by atoms with Crippen LogP contribution in [-0.4, -0.2) is 19.7 Å². The van der Waals surface area contributed by atoms with E-state index in [4.69, 9.17) is 5.73 Å². The van der Waals surface area contributed by atoms with Gasteiger partial charge in [-0.15, -0.1) is 0 Å². The van der Waals surface area contributed by atoms with Gasteiger partial charge < -0.3 is 5.73 Å². The lowest BCUT2D eigenvalue weighted by Crippen LogP contribution is -2.03. The van der Waals surface area contributed by atoms with Gasteiger partial charge >= 0.3 is 0 Å². The topological polar surface area (TPSA) is 69.6 Å². The van der Waals surface area contributed by atoms with Crippen LogP contribution in [0.3, 0.4) is 0 Å². The van der Waals surface area contributed by atoms with Crippen molar-refractivity contribution in [2.24, 2.45) is 0 Å². The highest BCUT2D eigenvalue weighted by Crippen LogP contribution is 2.22. The van der Waals surface area contributed by atoms with Crippen LogP contribution in [0.4, 0.5) is 5.82 Å². The third-order valence-electron chi connectivity index (χ3n) is 2.09. The molecule has 0 bridgehead atoms. The number of hydrogen-bond donors (Lipinski definition) is 1. The molecule has 2 rings (SSSR count). The van der Waals surface area contributed by atoms with Crippen molar-refractivity contribution in [1.82, 2.24) is 19.7 Å². The Morgan fingerprint density at radius 3 is 2.60 bits per heavy atom. The molecule has 0 spiro atoms. The van der Waals surface area contributed by atoms with Gasteiger partial charge in [0, 0.05) is 6.07 Å². The number of nitrogen functional groups attached to an aromatic ring is 1. The minimum Gasteiger partial charge on any atom is -0.384 e. The number of halogens is 1. The lowest BCUT2D eigenvalue weighted by atomic mass is 10.4. The summed E-state index contributed by atoms with van der Waals surface area (Å²) in [6, 6.07) is 1.69. The third kappa shape index (κ3) is 1.72. The Morgan fingerprint density at radius 1 is 1.33 bits per heavy atom. The number of hydrogen-bond acceptors (Lipinski definition) is 4. The maximum atomic E-state index is 5.59. The molecular formula is C9H10BrN5. The molecule has 5 nitrogen and oxygen atoms in total. The van der Waals surface area contributed by atoms with Crippen LogP contribution in [0, 0.1) is 13.8 Å². The second kappa shape index (κ2) is 3.62. The van der Waals surface area contributed by atoms with Crippen LogP contribution in [0.2, 0.25) is 0 Å². The van der Waals surface area contributed by atoms with E-state index in [-0.39, 0.29) is 0 Å². The zero-order valence-corrected chi connectivity index (χ0v) is 9.98. The van der Waals surface area contributed by atoms with Gasteiger partial charge in [-0.2, -0.15) is 5.10 Å². The largest absolute Gasteiger partial charge is 0.384 e. The summed E-state index contributed by atoms with van der Waals surface area (Å²) in [5.41, 5.74) is 7.50. The first-order valence-corrected chi connectivity index (χ1v) is 5.18. The third-order valence-corrected chi connectivity index (χ3v) is 3.24. The molecule has 0 aliphatic rings. The Hall–Kier alpha value is -1.43. The van der Waals surface area contributed by atoms with Crippen molar-refractivity contribution in [2.45, 2.75) is 13.8 Å². The molecule has 0 saturated carbocycles. The first-order chi connectivity index (χ1) is 7.09. The Kier molecular flexibility index (Phi) is 2.44. The van der Waals surface area contributed by atoms with Crippen molar-refractivity contribution in [2.75, 3.05) is 5.73 Å². The first-order valence-electron chi connectivity index (χ1n) is 4.39. The number of nitrogens with zero attached hydrogens (tertiary/aromatic N) is 4. The number of nitrogens with two attached hydrogens (primary N) is 1. The Bertz CT molecular complexity index is 505. The van der Waals surface area contributed by atoms with Crippen molar-refractivity contribution in [1.29, 1.82) is 0 Å². The quantitative estimate of drug-likeness (QED) is 0.853. The molecule has 0 fully saturated rings. The molecule has 2 aromatic heterocycles. The molecule has 2 N–H and O–H groups in total. The van der Waals surface area contributed by atoms with Crippen LogP contribution in [0.5, 0.6) is 0 Å². The highest BCUT2D eigenvalue weighted by atomic mass is 79.9. The van der Waals surface area contributed by atoms with Gasteiger partial charge in [-0.25, -0.2) is 14.6 Å². The zero-order chi connectivity index (χ0) is 11.0. The predicted molar refractivity (Wildman–Crippen MR) is 60.7 cm³/mol. The maximum absolute atomic E-state index is 5.59. The van der Waals surface area contributed by atoms with Crippen molar-refractivity contribution in [3.05, 3.63) is 28.3 Å². The fourth-order valence-corrected chi connectivity index (χ4v) is 1.57. The molecule has 0 saturated heterocycles. The molecule has 78 valence electrons. The van der Waals surface area contributed by atoms with Crippen molar-refractivity contribution in [3.63, 3.8) is 0 Å². The highest BCUT2D eigenvalue weighted by molar-refractivity contribution is 9.10. The average molecular weight is 268 g/mol. The van der Waals surface area contributed by atoms with Crippen LogP contribution in [0.25, 0.3) is 5.82 Å². The fourth-order valence-electron chi connectivity index (χ4n) is 1.32. The monoisotopic (exact) mass is 267 g/mol. The lowest BCUT2D eigenvalue weighted by molar-refractivity contribution is 0.801. The van der Waals surface area contributed by atoms with Gasteiger partial charge in [0.05, 0.1) is 15.9 Å². The fraction of sp³-hybridized carbons (Fsp3) is 0.222. The summed E-state index contributed by atoms with van der Waals surface area (Å²) < 4.78 is 2.72. The zero-order valence-electron chi connectivity index (χ0n) is 8.40. The molecular weight excluding hydrogens is 258 g/mol. The van der Waals surface area contributed by atoms with E-state index < -0.39 is 0 Å². The Morgan fingerprint density at radius 2 is 2.07 bits per heavy atom. The number of aromatic nitrogens is 4. The average Bonchev–Trinajstić information content (AvgIpc) is 2.46. The molecule has 0 aromatic carbocycles. The summed E-state index contributed by atoms with van der Waals surface area (Å²) in [6.07, 6.45) is 1.43. The number of rotatable bonds is 1. The molecule has 0 amide bonds. The van der Waals surface area contributed by atoms with Gasteiger partial charge in [-0.1, -0.05) is 0 Å². The number of aryl methyl sites for hydroxylation is 1. The van der Waals surface area contributed by atoms with Gasteiger partial charge in [0.25, 0.3) is 0 Å². The summed E-state index contributed by atoms with van der Waals surface area (Å²) in [4.78, 5) is 7.95. The van der Waals surface area contributed by atoms with E-state index in [0.29, 0.717) is 11.6 Å². The van der Waals surface area contributed by atoms with Crippen LogP contribution in [0.1, 0.15) is 11.4 Å². The van der Waals surface area contributed by atoms with E-state index in [1.165, 1.54) is 6.33 Å². The van der Waals surface area contributed by atoms with Crippen molar-refractivity contribution in [3.8, 4) is 5.82 Å². The van der Waals surface area contributed by atoms with Crippen LogP contribution < -0.4 is 5.73 Å². The maximum Gasteiger partial charge on any atom is 0.159 e. The molecule has 2 heterocycles. The minimum atomic E-state index is 0.434. The van der Waals surface area contributed by atoms with E-state index in [1.54, 1.807) is 10.7 Å². The summed E-state index contributed by atoms with van der Waals surface area (Å²) >= 11 is 3.46. The van der Waals surface area contributed by atoms with Crippen LogP contribution in [0.15, 0.2) is 16.9 Å². The lowest BCUT2D eigenvalue weighted by Gasteiger charge is -2.02. The summed E-state index contributed by atoms with van der Waals surface area (Å²) in [5.74, 6) is 1.11. The van der Waals surface area contributed by atoms with Gasteiger partial charge in [0.2, 0.25) is 0 Å². The standard InChI is InChI=1S/C9H10BrN5/c1-5-9(10)6(2)15(14-5)8-3-7(11)12-4-13-8/h3-4H,1-2H3,(H2,11,12,13). The predicted octanol–water partition coefficient (Wildman–Crippen LogP) is 1.62. The number of anilines is 1. The van der Waals surface area contributed by atoms with E-state index in [1.807, 2.05) is 13.8 Å². The van der Waals surface area contributed by atoms with Crippen molar-refractivity contribution < 1.29 is 0 Å². The Balaban J connectivity index is 2.59. The van der Waals surface area contributed by atoms with E-state index in [9.17, 15) is 0 Å². The summed E-state index contributed by atoms with van der Waals surface area (Å²) in [7, 11) is 0. The van der Waals surface area contributed by atoms with Gasteiger partial charge in [0.1, 0.15) is 12.1 Å². The van der Waals surface area contributed by atoms with Crippen LogP contribution >= 0.6 is 15.9 Å². The van der Waals surface area contributed by atoms with E-state index >= 15 is 0 Å². The summed E-state index contributed by atoms with van der Waals surface area (Å²) in [6.45, 7) is 3.89.